The molecule has 0 aliphatic heterocycles. The monoisotopic (exact) mass is 299 g/mol. The van der Waals surface area contributed by atoms with E-state index in [2.05, 4.69) is 21.6 Å². The van der Waals surface area contributed by atoms with Crippen LogP contribution >= 0.6 is 11.8 Å². The van der Waals surface area contributed by atoms with E-state index in [-0.39, 0.29) is 0 Å². The molecule has 0 unspecified atom stereocenters. The second kappa shape index (κ2) is 6.27. The van der Waals surface area contributed by atoms with Gasteiger partial charge in [-0.1, -0.05) is 30.7 Å². The second-order valence-electron chi connectivity index (χ2n) is 5.39. The zero-order valence-electron chi connectivity index (χ0n) is 12.0. The fraction of sp³-hybridized carbons (Fsp3) is 0.467. The van der Waals surface area contributed by atoms with Crippen LogP contribution in [0.4, 0.5) is 0 Å². The van der Waals surface area contributed by atoms with Gasteiger partial charge in [-0.25, -0.2) is 4.68 Å². The Hall–Kier alpha value is -1.87. The van der Waals surface area contributed by atoms with Crippen LogP contribution in [0.2, 0.25) is 0 Å². The lowest BCUT2D eigenvalue weighted by Crippen LogP contribution is -2.08. The van der Waals surface area contributed by atoms with Gasteiger partial charge in [-0.15, -0.1) is 5.10 Å². The Balaban J connectivity index is 1.71. The summed E-state index contributed by atoms with van der Waals surface area (Å²) in [6, 6.07) is 8.44. The van der Waals surface area contributed by atoms with Gasteiger partial charge in [0.1, 0.15) is 0 Å². The summed E-state index contributed by atoms with van der Waals surface area (Å²) in [5, 5.41) is 21.9. The molecule has 0 saturated heterocycles. The predicted molar refractivity (Wildman–Crippen MR) is 80.8 cm³/mol. The summed E-state index contributed by atoms with van der Waals surface area (Å²) in [5.74, 6) is 0.824. The van der Waals surface area contributed by atoms with E-state index in [1.807, 2.05) is 29.8 Å². The topological polar surface area (TPSA) is 67.4 Å². The van der Waals surface area contributed by atoms with Crippen molar-refractivity contribution in [1.29, 1.82) is 5.26 Å². The Morgan fingerprint density at radius 1 is 1.38 bits per heavy atom. The number of rotatable bonds is 4. The number of hydrogen-bond acceptors (Lipinski definition) is 5. The quantitative estimate of drug-likeness (QED) is 0.811. The molecule has 1 fully saturated rings. The van der Waals surface area contributed by atoms with Gasteiger partial charge >= 0.3 is 0 Å². The summed E-state index contributed by atoms with van der Waals surface area (Å²) in [7, 11) is 0. The minimum absolute atomic E-state index is 0.463. The van der Waals surface area contributed by atoms with Crippen molar-refractivity contribution in [2.75, 3.05) is 0 Å². The highest BCUT2D eigenvalue weighted by atomic mass is 32.2. The van der Waals surface area contributed by atoms with E-state index < -0.39 is 0 Å². The van der Waals surface area contributed by atoms with Gasteiger partial charge in [-0.3, -0.25) is 0 Å². The van der Waals surface area contributed by atoms with Crippen LogP contribution in [0.15, 0.2) is 23.4 Å². The number of tetrazole rings is 1. The SMILES string of the molecule is Cc1cc(C#N)ccc1CSc1nnnn1C1CCCC1. The van der Waals surface area contributed by atoms with E-state index >= 15 is 0 Å². The number of hydrogen-bond donors (Lipinski definition) is 0. The third-order valence-corrected chi connectivity index (χ3v) is 4.94. The third-order valence-electron chi connectivity index (χ3n) is 3.96. The summed E-state index contributed by atoms with van der Waals surface area (Å²) in [6.07, 6.45) is 4.88. The Morgan fingerprint density at radius 3 is 2.90 bits per heavy atom. The molecule has 108 valence electrons. The van der Waals surface area contributed by atoms with Gasteiger partial charge in [0, 0.05) is 5.75 Å². The zero-order chi connectivity index (χ0) is 14.7. The van der Waals surface area contributed by atoms with Crippen molar-refractivity contribution in [3.63, 3.8) is 0 Å². The van der Waals surface area contributed by atoms with Crippen molar-refractivity contribution in [3.05, 3.63) is 34.9 Å². The molecule has 1 saturated carbocycles. The first kappa shape index (κ1) is 14.1. The van der Waals surface area contributed by atoms with Crippen LogP contribution in [0.3, 0.4) is 0 Å². The largest absolute Gasteiger partial charge is 0.217 e. The Bertz CT molecular complexity index is 667. The van der Waals surface area contributed by atoms with Crippen molar-refractivity contribution in [2.45, 2.75) is 49.6 Å². The molecule has 0 atom stereocenters. The van der Waals surface area contributed by atoms with Gasteiger partial charge < -0.3 is 0 Å². The fourth-order valence-corrected chi connectivity index (χ4v) is 3.75. The summed E-state index contributed by atoms with van der Waals surface area (Å²) in [5.41, 5.74) is 3.07. The number of benzene rings is 1. The number of nitriles is 1. The maximum Gasteiger partial charge on any atom is 0.209 e. The summed E-state index contributed by atoms with van der Waals surface area (Å²) >= 11 is 1.67. The van der Waals surface area contributed by atoms with Gasteiger partial charge in [0.2, 0.25) is 5.16 Å². The summed E-state index contributed by atoms with van der Waals surface area (Å²) < 4.78 is 1.98. The highest BCUT2D eigenvalue weighted by Gasteiger charge is 2.21. The smallest absolute Gasteiger partial charge is 0.209 e. The third kappa shape index (κ3) is 3.08. The van der Waals surface area contributed by atoms with E-state index in [1.165, 1.54) is 31.2 Å². The molecule has 0 spiro atoms. The number of thioether (sulfide) groups is 1. The number of nitrogens with zero attached hydrogens (tertiary/aromatic N) is 5. The van der Waals surface area contributed by atoms with Crippen molar-refractivity contribution in [3.8, 4) is 6.07 Å². The highest BCUT2D eigenvalue weighted by Crippen LogP contribution is 2.32. The second-order valence-corrected chi connectivity index (χ2v) is 6.33. The van der Waals surface area contributed by atoms with E-state index in [4.69, 9.17) is 5.26 Å². The standard InChI is InChI=1S/C15H17N5S/c1-11-8-12(9-16)6-7-13(11)10-21-15-17-18-19-20(15)14-4-2-3-5-14/h6-8,14H,2-5,10H2,1H3. The molecule has 0 bridgehead atoms. The molecule has 0 N–H and O–H groups in total. The van der Waals surface area contributed by atoms with Gasteiger partial charge in [-0.05, 0) is 53.5 Å². The predicted octanol–water partition coefficient (Wildman–Crippen LogP) is 3.26. The average Bonchev–Trinajstić information content (AvgIpc) is 3.16. The molecule has 3 rings (SSSR count). The molecule has 21 heavy (non-hydrogen) atoms. The molecule has 1 aliphatic rings. The maximum absolute atomic E-state index is 8.91. The molecular formula is C15H17N5S. The van der Waals surface area contributed by atoms with Crippen molar-refractivity contribution in [2.24, 2.45) is 0 Å². The fourth-order valence-electron chi connectivity index (χ4n) is 2.73. The minimum Gasteiger partial charge on any atom is -0.217 e. The van der Waals surface area contributed by atoms with Gasteiger partial charge in [0.05, 0.1) is 17.7 Å². The van der Waals surface area contributed by atoms with Crippen molar-refractivity contribution < 1.29 is 0 Å². The van der Waals surface area contributed by atoms with Gasteiger partial charge in [0.25, 0.3) is 0 Å². The lowest BCUT2D eigenvalue weighted by molar-refractivity contribution is 0.423. The normalized spacial score (nSPS) is 15.2. The molecule has 0 radical (unpaired) electrons. The molecule has 6 heteroatoms. The number of aromatic nitrogens is 4. The molecular weight excluding hydrogens is 282 g/mol. The molecule has 1 aromatic carbocycles. The van der Waals surface area contributed by atoms with Crippen LogP contribution in [0.1, 0.15) is 48.4 Å². The van der Waals surface area contributed by atoms with E-state index in [9.17, 15) is 0 Å². The zero-order valence-corrected chi connectivity index (χ0v) is 12.8. The highest BCUT2D eigenvalue weighted by molar-refractivity contribution is 7.98. The van der Waals surface area contributed by atoms with Gasteiger partial charge in [0.15, 0.2) is 0 Å². The first-order valence-electron chi connectivity index (χ1n) is 7.18. The van der Waals surface area contributed by atoms with Crippen LogP contribution in [-0.2, 0) is 5.75 Å². The molecule has 2 aromatic rings. The van der Waals surface area contributed by atoms with Crippen LogP contribution < -0.4 is 0 Å². The van der Waals surface area contributed by atoms with E-state index in [1.54, 1.807) is 11.8 Å². The summed E-state index contributed by atoms with van der Waals surface area (Å²) in [4.78, 5) is 0. The Labute approximate surface area is 128 Å². The number of aryl methyl sites for hydroxylation is 1. The average molecular weight is 299 g/mol. The van der Waals surface area contributed by atoms with E-state index in [0.717, 1.165) is 16.5 Å². The Morgan fingerprint density at radius 2 is 2.19 bits per heavy atom. The first-order valence-corrected chi connectivity index (χ1v) is 8.17. The molecule has 5 nitrogen and oxygen atoms in total. The lowest BCUT2D eigenvalue weighted by Gasteiger charge is -2.11. The Kier molecular flexibility index (Phi) is 4.20. The molecule has 1 heterocycles. The van der Waals surface area contributed by atoms with Crippen LogP contribution in [-0.4, -0.2) is 20.2 Å². The maximum atomic E-state index is 8.91. The summed E-state index contributed by atoms with van der Waals surface area (Å²) in [6.45, 7) is 2.04. The van der Waals surface area contributed by atoms with Crippen molar-refractivity contribution >= 4 is 11.8 Å². The van der Waals surface area contributed by atoms with Gasteiger partial charge in [-0.2, -0.15) is 5.26 Å². The van der Waals surface area contributed by atoms with Crippen LogP contribution in [0.5, 0.6) is 0 Å². The lowest BCUT2D eigenvalue weighted by atomic mass is 10.1. The van der Waals surface area contributed by atoms with Crippen molar-refractivity contribution in [1.82, 2.24) is 20.2 Å². The van der Waals surface area contributed by atoms with Crippen LogP contribution in [0.25, 0.3) is 0 Å². The molecule has 1 aromatic heterocycles. The van der Waals surface area contributed by atoms with E-state index in [0.29, 0.717) is 11.6 Å². The van der Waals surface area contributed by atoms with Crippen LogP contribution in [0, 0.1) is 18.3 Å². The first-order chi connectivity index (χ1) is 10.3. The molecule has 1 aliphatic carbocycles. The minimum atomic E-state index is 0.463. The molecule has 0 amide bonds.